The van der Waals surface area contributed by atoms with Crippen molar-refractivity contribution in [2.45, 2.75) is 26.3 Å². The predicted molar refractivity (Wildman–Crippen MR) is 64.5 cm³/mol. The number of nitrogens with one attached hydrogen (secondary N) is 1. The van der Waals surface area contributed by atoms with Gasteiger partial charge in [-0.2, -0.15) is 5.26 Å². The predicted octanol–water partition coefficient (Wildman–Crippen LogP) is 2.18. The zero-order valence-electron chi connectivity index (χ0n) is 10.3. The van der Waals surface area contributed by atoms with Crippen LogP contribution >= 0.6 is 0 Å². The van der Waals surface area contributed by atoms with Gasteiger partial charge in [0.25, 0.3) is 0 Å². The van der Waals surface area contributed by atoms with E-state index in [0.29, 0.717) is 6.61 Å². The lowest BCUT2D eigenvalue weighted by Crippen LogP contribution is -2.43. The van der Waals surface area contributed by atoms with E-state index in [2.05, 4.69) is 11.4 Å². The second-order valence-electron chi connectivity index (χ2n) is 4.18. The summed E-state index contributed by atoms with van der Waals surface area (Å²) in [5.74, 6) is 0.844. The van der Waals surface area contributed by atoms with Crippen LogP contribution in [0.5, 0.6) is 5.75 Å². The van der Waals surface area contributed by atoms with Crippen molar-refractivity contribution in [3.05, 3.63) is 29.3 Å². The van der Waals surface area contributed by atoms with Crippen molar-refractivity contribution in [3.63, 3.8) is 0 Å². The highest BCUT2D eigenvalue weighted by molar-refractivity contribution is 5.38. The maximum atomic E-state index is 8.99. The van der Waals surface area contributed by atoms with Crippen LogP contribution in [0.1, 0.15) is 18.1 Å². The molecule has 86 valence electrons. The van der Waals surface area contributed by atoms with Gasteiger partial charge in [0.1, 0.15) is 17.9 Å². The van der Waals surface area contributed by atoms with Crippen molar-refractivity contribution < 1.29 is 4.74 Å². The molecule has 0 aliphatic heterocycles. The van der Waals surface area contributed by atoms with E-state index >= 15 is 0 Å². The normalized spacial score (nSPS) is 13.9. The maximum absolute atomic E-state index is 8.99. The summed E-state index contributed by atoms with van der Waals surface area (Å²) in [6, 6.07) is 8.13. The Morgan fingerprint density at radius 2 is 2.12 bits per heavy atom. The Bertz CT molecular complexity index is 409. The van der Waals surface area contributed by atoms with Crippen molar-refractivity contribution in [1.29, 1.82) is 5.26 Å². The molecule has 0 saturated heterocycles. The second kappa shape index (κ2) is 5.00. The van der Waals surface area contributed by atoms with E-state index in [-0.39, 0.29) is 0 Å². The first kappa shape index (κ1) is 12.5. The number of rotatable bonds is 4. The highest BCUT2D eigenvalue weighted by atomic mass is 16.5. The number of benzene rings is 1. The van der Waals surface area contributed by atoms with Gasteiger partial charge in [-0.05, 0) is 45.0 Å². The molecule has 0 bridgehead atoms. The van der Waals surface area contributed by atoms with Gasteiger partial charge in [-0.3, -0.25) is 5.32 Å². The van der Waals surface area contributed by atoms with E-state index in [4.69, 9.17) is 10.00 Å². The first-order chi connectivity index (χ1) is 7.52. The van der Waals surface area contributed by atoms with E-state index in [1.807, 2.05) is 39.0 Å². The van der Waals surface area contributed by atoms with Gasteiger partial charge >= 0.3 is 0 Å². The minimum atomic E-state index is -0.643. The molecular weight excluding hydrogens is 200 g/mol. The molecule has 0 heterocycles. The summed E-state index contributed by atoms with van der Waals surface area (Å²) >= 11 is 0. The van der Waals surface area contributed by atoms with Crippen LogP contribution in [0.15, 0.2) is 18.2 Å². The van der Waals surface area contributed by atoms with Crippen molar-refractivity contribution in [2.24, 2.45) is 0 Å². The zero-order valence-corrected chi connectivity index (χ0v) is 10.3. The third kappa shape index (κ3) is 2.74. The summed E-state index contributed by atoms with van der Waals surface area (Å²) in [6.07, 6.45) is 0. The summed E-state index contributed by atoms with van der Waals surface area (Å²) in [7, 11) is 1.76. The molecule has 0 radical (unpaired) electrons. The Kier molecular flexibility index (Phi) is 3.92. The highest BCUT2D eigenvalue weighted by Gasteiger charge is 2.22. The molecule has 1 N–H and O–H groups in total. The van der Waals surface area contributed by atoms with Gasteiger partial charge in [-0.25, -0.2) is 0 Å². The fourth-order valence-electron chi connectivity index (χ4n) is 1.26. The standard InChI is InChI=1S/C13H18N2O/c1-10-6-5-7-12(11(10)2)16-9-13(3,8-14)15-4/h5-7,15H,9H2,1-4H3. The molecule has 0 fully saturated rings. The molecule has 1 aromatic rings. The molecule has 0 spiro atoms. The molecule has 1 atom stereocenters. The summed E-state index contributed by atoms with van der Waals surface area (Å²) in [5, 5.41) is 11.9. The summed E-state index contributed by atoms with van der Waals surface area (Å²) in [6.45, 7) is 6.22. The average Bonchev–Trinajstić information content (AvgIpc) is 2.31. The Hall–Kier alpha value is -1.53. The van der Waals surface area contributed by atoms with Gasteiger partial charge in [0.15, 0.2) is 0 Å². The number of ether oxygens (including phenoxy) is 1. The van der Waals surface area contributed by atoms with Crippen molar-refractivity contribution in [1.82, 2.24) is 5.32 Å². The number of nitrogens with zero attached hydrogens (tertiary/aromatic N) is 1. The van der Waals surface area contributed by atoms with E-state index in [0.717, 1.165) is 11.3 Å². The number of aryl methyl sites for hydroxylation is 1. The molecule has 1 aromatic carbocycles. The van der Waals surface area contributed by atoms with Gasteiger partial charge in [0.05, 0.1) is 6.07 Å². The lowest BCUT2D eigenvalue weighted by atomic mass is 10.1. The molecule has 3 heteroatoms. The van der Waals surface area contributed by atoms with E-state index in [9.17, 15) is 0 Å². The SMILES string of the molecule is CNC(C)(C#N)COc1cccc(C)c1C. The Morgan fingerprint density at radius 1 is 1.44 bits per heavy atom. The fraction of sp³-hybridized carbons (Fsp3) is 0.462. The monoisotopic (exact) mass is 218 g/mol. The van der Waals surface area contributed by atoms with Gasteiger partial charge < -0.3 is 4.74 Å². The smallest absolute Gasteiger partial charge is 0.137 e. The molecule has 0 aromatic heterocycles. The Labute approximate surface area is 97.0 Å². The van der Waals surface area contributed by atoms with Crippen LogP contribution in [0.3, 0.4) is 0 Å². The van der Waals surface area contributed by atoms with Crippen LogP contribution in [0.4, 0.5) is 0 Å². The average molecular weight is 218 g/mol. The van der Waals surface area contributed by atoms with Crippen molar-refractivity contribution >= 4 is 0 Å². The lowest BCUT2D eigenvalue weighted by molar-refractivity contribution is 0.241. The van der Waals surface area contributed by atoms with Crippen LogP contribution in [0, 0.1) is 25.2 Å². The molecule has 1 rings (SSSR count). The van der Waals surface area contributed by atoms with Gasteiger partial charge in [0.2, 0.25) is 0 Å². The molecule has 0 aliphatic carbocycles. The number of hydrogen-bond acceptors (Lipinski definition) is 3. The number of nitriles is 1. The molecular formula is C13H18N2O. The van der Waals surface area contributed by atoms with Gasteiger partial charge in [-0.1, -0.05) is 12.1 Å². The molecule has 0 amide bonds. The number of hydrogen-bond donors (Lipinski definition) is 1. The highest BCUT2D eigenvalue weighted by Crippen LogP contribution is 2.21. The molecule has 0 saturated carbocycles. The quantitative estimate of drug-likeness (QED) is 0.842. The van der Waals surface area contributed by atoms with E-state index < -0.39 is 5.54 Å². The lowest BCUT2D eigenvalue weighted by Gasteiger charge is -2.21. The molecule has 16 heavy (non-hydrogen) atoms. The van der Waals surface area contributed by atoms with Crippen LogP contribution in [-0.2, 0) is 0 Å². The van der Waals surface area contributed by atoms with E-state index in [1.54, 1.807) is 7.05 Å². The van der Waals surface area contributed by atoms with Crippen LogP contribution in [0.25, 0.3) is 0 Å². The van der Waals surface area contributed by atoms with Gasteiger partial charge in [0, 0.05) is 0 Å². The van der Waals surface area contributed by atoms with Crippen molar-refractivity contribution in [3.8, 4) is 11.8 Å². The minimum absolute atomic E-state index is 0.338. The minimum Gasteiger partial charge on any atom is -0.490 e. The van der Waals surface area contributed by atoms with Gasteiger partial charge in [-0.15, -0.1) is 0 Å². The summed E-state index contributed by atoms with van der Waals surface area (Å²) in [4.78, 5) is 0. The third-order valence-corrected chi connectivity index (χ3v) is 2.87. The first-order valence-corrected chi connectivity index (χ1v) is 5.31. The molecule has 3 nitrogen and oxygen atoms in total. The summed E-state index contributed by atoms with van der Waals surface area (Å²) < 4.78 is 5.68. The topological polar surface area (TPSA) is 45.0 Å². The van der Waals surface area contributed by atoms with Crippen molar-refractivity contribution in [2.75, 3.05) is 13.7 Å². The fourth-order valence-corrected chi connectivity index (χ4v) is 1.26. The maximum Gasteiger partial charge on any atom is 0.137 e. The van der Waals surface area contributed by atoms with E-state index in [1.165, 1.54) is 5.56 Å². The zero-order chi connectivity index (χ0) is 12.2. The molecule has 0 aliphatic rings. The van der Waals surface area contributed by atoms with Crippen LogP contribution in [0.2, 0.25) is 0 Å². The Morgan fingerprint density at radius 3 is 2.69 bits per heavy atom. The largest absolute Gasteiger partial charge is 0.490 e. The summed E-state index contributed by atoms with van der Waals surface area (Å²) in [5.41, 5.74) is 1.68. The second-order valence-corrected chi connectivity index (χ2v) is 4.18. The first-order valence-electron chi connectivity index (χ1n) is 5.31. The third-order valence-electron chi connectivity index (χ3n) is 2.87. The number of likely N-dealkylation sites (N-methyl/N-ethyl adjacent to an activating group) is 1. The van der Waals surface area contributed by atoms with Crippen LogP contribution in [-0.4, -0.2) is 19.2 Å². The Balaban J connectivity index is 2.76. The molecule has 1 unspecified atom stereocenters. The van der Waals surface area contributed by atoms with Crippen LogP contribution < -0.4 is 10.1 Å².